The molecular weight excluding hydrogens is 362 g/mol. The quantitative estimate of drug-likeness (QED) is 0.787. The number of rotatable bonds is 5. The number of hydrogen-bond donors (Lipinski definition) is 0. The van der Waals surface area contributed by atoms with Gasteiger partial charge in [-0.1, -0.05) is 11.6 Å². The van der Waals surface area contributed by atoms with Gasteiger partial charge in [-0.25, -0.2) is 0 Å². The van der Waals surface area contributed by atoms with E-state index in [0.29, 0.717) is 24.0 Å². The van der Waals surface area contributed by atoms with E-state index in [1.807, 2.05) is 18.5 Å². The number of halogens is 1. The molecule has 1 aromatic carbocycles. The molecule has 1 aromatic heterocycles. The van der Waals surface area contributed by atoms with Crippen LogP contribution in [0.1, 0.15) is 17.5 Å². The topological polar surface area (TPSA) is 37.8 Å². The highest BCUT2D eigenvalue weighted by atomic mass is 35.5. The van der Waals surface area contributed by atoms with Crippen molar-refractivity contribution in [3.05, 3.63) is 52.8 Å². The molecule has 2 aliphatic rings. The highest BCUT2D eigenvalue weighted by Gasteiger charge is 2.19. The number of piperazine rings is 1. The second-order valence-electron chi connectivity index (χ2n) is 7.18. The summed E-state index contributed by atoms with van der Waals surface area (Å²) in [5, 5.41) is 0.659. The number of aromatic nitrogens is 1. The molecule has 0 aliphatic carbocycles. The Labute approximate surface area is 165 Å². The van der Waals surface area contributed by atoms with Crippen LogP contribution in [0.4, 0.5) is 0 Å². The van der Waals surface area contributed by atoms with Crippen LogP contribution in [0, 0.1) is 0 Å². The summed E-state index contributed by atoms with van der Waals surface area (Å²) in [6.45, 7) is 7.80. The Balaban J connectivity index is 1.28. The predicted molar refractivity (Wildman–Crippen MR) is 107 cm³/mol. The zero-order valence-corrected chi connectivity index (χ0v) is 16.3. The van der Waals surface area contributed by atoms with Gasteiger partial charge in [-0.3, -0.25) is 9.88 Å². The van der Waals surface area contributed by atoms with Gasteiger partial charge in [0, 0.05) is 58.1 Å². The van der Waals surface area contributed by atoms with E-state index >= 15 is 0 Å². The van der Waals surface area contributed by atoms with Gasteiger partial charge in [0.25, 0.3) is 0 Å². The van der Waals surface area contributed by atoms with Crippen LogP contribution in [0.2, 0.25) is 5.02 Å². The fraction of sp³-hybridized carbons (Fsp3) is 0.476. The van der Waals surface area contributed by atoms with E-state index in [-0.39, 0.29) is 0 Å². The van der Waals surface area contributed by atoms with Crippen LogP contribution < -0.4 is 9.47 Å². The third-order valence-corrected chi connectivity index (χ3v) is 5.48. The minimum Gasteiger partial charge on any atom is -0.489 e. The first kappa shape index (κ1) is 18.5. The van der Waals surface area contributed by atoms with E-state index in [0.717, 1.165) is 57.9 Å². The molecule has 0 spiro atoms. The number of nitrogens with zero attached hydrogens (tertiary/aromatic N) is 3. The minimum atomic E-state index is 0.659. The van der Waals surface area contributed by atoms with Crippen LogP contribution in [0.3, 0.4) is 0 Å². The summed E-state index contributed by atoms with van der Waals surface area (Å²) < 4.78 is 11.5. The normalized spacial score (nSPS) is 18.3. The molecule has 0 atom stereocenters. The number of hydrogen-bond acceptors (Lipinski definition) is 5. The smallest absolute Gasteiger partial charge is 0.179 e. The average Bonchev–Trinajstić information content (AvgIpc) is 2.94. The maximum absolute atomic E-state index is 6.41. The van der Waals surface area contributed by atoms with E-state index in [1.54, 1.807) is 0 Å². The minimum absolute atomic E-state index is 0.659. The van der Waals surface area contributed by atoms with E-state index in [1.165, 1.54) is 11.1 Å². The molecule has 5 nitrogen and oxygen atoms in total. The number of pyridine rings is 1. The first-order chi connectivity index (χ1) is 13.3. The third kappa shape index (κ3) is 4.92. The highest BCUT2D eigenvalue weighted by Crippen LogP contribution is 2.38. The first-order valence-electron chi connectivity index (χ1n) is 9.69. The molecule has 144 valence electrons. The Morgan fingerprint density at radius 2 is 1.67 bits per heavy atom. The van der Waals surface area contributed by atoms with Crippen molar-refractivity contribution in [2.24, 2.45) is 0 Å². The standard InChI is InChI=1S/C21H26ClN3O2/c22-19-14-18(15-20-21(19)27-13-1-12-26-20)4-7-24-8-10-25(11-9-24)16-17-2-5-23-6-3-17/h2-3,5-6,14-15H,1,4,7-13,16H2. The lowest BCUT2D eigenvalue weighted by Crippen LogP contribution is -2.46. The Hall–Kier alpha value is -1.82. The van der Waals surface area contributed by atoms with E-state index < -0.39 is 0 Å². The first-order valence-corrected chi connectivity index (χ1v) is 10.1. The molecule has 0 saturated carbocycles. The number of ether oxygens (including phenoxy) is 2. The summed E-state index contributed by atoms with van der Waals surface area (Å²) in [5.74, 6) is 1.49. The SMILES string of the molecule is Clc1cc(CCN2CCN(Cc3ccncc3)CC2)cc2c1OCCCO2. The lowest BCUT2D eigenvalue weighted by atomic mass is 10.1. The van der Waals surface area contributed by atoms with Gasteiger partial charge < -0.3 is 14.4 Å². The van der Waals surface area contributed by atoms with Crippen LogP contribution in [0.5, 0.6) is 11.5 Å². The maximum Gasteiger partial charge on any atom is 0.179 e. The molecule has 0 radical (unpaired) electrons. The van der Waals surface area contributed by atoms with Crippen molar-refractivity contribution in [2.45, 2.75) is 19.4 Å². The summed E-state index contributed by atoms with van der Waals surface area (Å²) >= 11 is 6.41. The van der Waals surface area contributed by atoms with E-state index in [2.05, 4.69) is 33.0 Å². The second-order valence-corrected chi connectivity index (χ2v) is 7.59. The maximum atomic E-state index is 6.41. The monoisotopic (exact) mass is 387 g/mol. The van der Waals surface area contributed by atoms with Crippen LogP contribution in [0.15, 0.2) is 36.7 Å². The summed E-state index contributed by atoms with van der Waals surface area (Å²) in [6, 6.07) is 8.31. The lowest BCUT2D eigenvalue weighted by molar-refractivity contribution is 0.128. The number of fused-ring (bicyclic) bond motifs is 1. The van der Waals surface area contributed by atoms with Crippen molar-refractivity contribution < 1.29 is 9.47 Å². The fourth-order valence-electron chi connectivity index (χ4n) is 3.63. The van der Waals surface area contributed by atoms with Gasteiger partial charge in [-0.15, -0.1) is 0 Å². The third-order valence-electron chi connectivity index (χ3n) is 5.20. The van der Waals surface area contributed by atoms with Gasteiger partial charge in [0.2, 0.25) is 0 Å². The van der Waals surface area contributed by atoms with Gasteiger partial charge in [-0.2, -0.15) is 0 Å². The van der Waals surface area contributed by atoms with Crippen molar-refractivity contribution in [3.8, 4) is 11.5 Å². The molecule has 2 aliphatic heterocycles. The molecule has 0 N–H and O–H groups in total. The molecule has 2 aromatic rings. The number of benzene rings is 1. The second kappa shape index (κ2) is 8.91. The van der Waals surface area contributed by atoms with Crippen molar-refractivity contribution in [2.75, 3.05) is 45.9 Å². The molecule has 0 bridgehead atoms. The molecule has 0 amide bonds. The Bertz CT molecular complexity index is 749. The van der Waals surface area contributed by atoms with Gasteiger partial charge in [-0.05, 0) is 41.8 Å². The molecule has 27 heavy (non-hydrogen) atoms. The van der Waals surface area contributed by atoms with Crippen LogP contribution in [-0.2, 0) is 13.0 Å². The van der Waals surface area contributed by atoms with Crippen molar-refractivity contribution in [1.29, 1.82) is 0 Å². The lowest BCUT2D eigenvalue weighted by Gasteiger charge is -2.34. The van der Waals surface area contributed by atoms with Gasteiger partial charge in [0.15, 0.2) is 11.5 Å². The molecule has 1 saturated heterocycles. The molecule has 4 rings (SSSR count). The fourth-order valence-corrected chi connectivity index (χ4v) is 3.92. The Kier molecular flexibility index (Phi) is 6.12. The summed E-state index contributed by atoms with van der Waals surface area (Å²) in [7, 11) is 0. The molecular formula is C21H26ClN3O2. The summed E-state index contributed by atoms with van der Waals surface area (Å²) in [6.07, 6.45) is 5.60. The van der Waals surface area contributed by atoms with Crippen LogP contribution >= 0.6 is 11.6 Å². The largest absolute Gasteiger partial charge is 0.489 e. The van der Waals surface area contributed by atoms with E-state index in [4.69, 9.17) is 21.1 Å². The van der Waals surface area contributed by atoms with Crippen LogP contribution in [-0.4, -0.2) is 60.7 Å². The van der Waals surface area contributed by atoms with Crippen molar-refractivity contribution >= 4 is 11.6 Å². The van der Waals surface area contributed by atoms with Crippen LogP contribution in [0.25, 0.3) is 0 Å². The highest BCUT2D eigenvalue weighted by molar-refractivity contribution is 6.32. The van der Waals surface area contributed by atoms with Crippen molar-refractivity contribution in [1.82, 2.24) is 14.8 Å². The van der Waals surface area contributed by atoms with Crippen molar-refractivity contribution in [3.63, 3.8) is 0 Å². The molecule has 6 heteroatoms. The predicted octanol–water partition coefficient (Wildman–Crippen LogP) is 3.26. The zero-order valence-electron chi connectivity index (χ0n) is 15.6. The Morgan fingerprint density at radius 1 is 0.926 bits per heavy atom. The zero-order chi connectivity index (χ0) is 18.5. The molecule has 3 heterocycles. The average molecular weight is 388 g/mol. The van der Waals surface area contributed by atoms with Gasteiger partial charge in [0.05, 0.1) is 18.2 Å². The van der Waals surface area contributed by atoms with E-state index in [9.17, 15) is 0 Å². The van der Waals surface area contributed by atoms with Gasteiger partial charge in [0.1, 0.15) is 0 Å². The van der Waals surface area contributed by atoms with Gasteiger partial charge >= 0.3 is 0 Å². The Morgan fingerprint density at radius 3 is 2.48 bits per heavy atom. The molecule has 0 unspecified atom stereocenters. The molecule has 1 fully saturated rings. The summed E-state index contributed by atoms with van der Waals surface area (Å²) in [5.41, 5.74) is 2.55. The summed E-state index contributed by atoms with van der Waals surface area (Å²) in [4.78, 5) is 9.13.